The molecule has 4 heteroatoms. The van der Waals surface area contributed by atoms with E-state index in [1.807, 2.05) is 6.08 Å². The largest absolute Gasteiger partial charge is 0.466 e. The van der Waals surface area contributed by atoms with Crippen molar-refractivity contribution in [3.8, 4) is 0 Å². The molecule has 0 spiro atoms. The lowest BCUT2D eigenvalue weighted by atomic mass is 9.69. The third-order valence-corrected chi connectivity index (χ3v) is 5.88. The van der Waals surface area contributed by atoms with Gasteiger partial charge in [-0.3, -0.25) is 4.79 Å². The highest BCUT2D eigenvalue weighted by Crippen LogP contribution is 2.42. The number of allylic oxidation sites excluding steroid dienone is 2. The molecule has 0 aliphatic heterocycles. The molecule has 0 radical (unpaired) electrons. The van der Waals surface area contributed by atoms with Crippen LogP contribution in [0.15, 0.2) is 24.5 Å². The Morgan fingerprint density at radius 2 is 1.56 bits per heavy atom. The van der Waals surface area contributed by atoms with Crippen molar-refractivity contribution >= 4 is 11.9 Å². The lowest BCUT2D eigenvalue weighted by Crippen LogP contribution is -2.25. The molecule has 0 amide bonds. The highest BCUT2D eigenvalue weighted by molar-refractivity contribution is 5.81. The second-order valence-corrected chi connectivity index (χ2v) is 7.55. The van der Waals surface area contributed by atoms with Gasteiger partial charge in [-0.1, -0.05) is 6.08 Å². The molecule has 0 heterocycles. The van der Waals surface area contributed by atoms with E-state index in [2.05, 4.69) is 10.8 Å². The van der Waals surface area contributed by atoms with Crippen LogP contribution in [0.2, 0.25) is 0 Å². The first-order chi connectivity index (χ1) is 12.1. The summed E-state index contributed by atoms with van der Waals surface area (Å²) in [6.07, 6.45) is 18.4. The second kappa shape index (κ2) is 10.4. The highest BCUT2D eigenvalue weighted by atomic mass is 16.5. The Morgan fingerprint density at radius 3 is 2.12 bits per heavy atom. The van der Waals surface area contributed by atoms with E-state index < -0.39 is 0 Å². The molecular formula is C21H32O4. The Bertz CT molecular complexity index is 478. The summed E-state index contributed by atoms with van der Waals surface area (Å²) in [4.78, 5) is 21.9. The van der Waals surface area contributed by atoms with Crippen LogP contribution in [0, 0.1) is 23.7 Å². The molecule has 25 heavy (non-hydrogen) atoms. The summed E-state index contributed by atoms with van der Waals surface area (Å²) in [6, 6.07) is 0. The van der Waals surface area contributed by atoms with Crippen LogP contribution in [-0.4, -0.2) is 19.0 Å². The van der Waals surface area contributed by atoms with Gasteiger partial charge in [-0.2, -0.15) is 0 Å². The van der Waals surface area contributed by atoms with Crippen molar-refractivity contribution in [2.45, 2.75) is 64.7 Å². The Kier molecular flexibility index (Phi) is 8.23. The first-order valence-corrected chi connectivity index (χ1v) is 9.66. The third kappa shape index (κ3) is 7.05. The molecule has 4 nitrogen and oxygen atoms in total. The van der Waals surface area contributed by atoms with Crippen LogP contribution < -0.4 is 0 Å². The van der Waals surface area contributed by atoms with Gasteiger partial charge in [0.1, 0.15) is 0 Å². The molecule has 0 bridgehead atoms. The molecule has 2 aliphatic carbocycles. The van der Waals surface area contributed by atoms with Gasteiger partial charge >= 0.3 is 11.9 Å². The predicted molar refractivity (Wildman–Crippen MR) is 97.6 cm³/mol. The first kappa shape index (κ1) is 19.7. The minimum Gasteiger partial charge on any atom is -0.466 e. The molecule has 2 fully saturated rings. The highest BCUT2D eigenvalue weighted by Gasteiger charge is 2.30. The van der Waals surface area contributed by atoms with Crippen molar-refractivity contribution in [2.75, 3.05) is 7.11 Å². The van der Waals surface area contributed by atoms with Crippen LogP contribution in [0.1, 0.15) is 64.7 Å². The Balaban J connectivity index is 1.65. The number of carbonyl (C=O) groups excluding carboxylic acids is 2. The molecule has 0 unspecified atom stereocenters. The molecule has 2 saturated carbocycles. The molecule has 0 aromatic carbocycles. The van der Waals surface area contributed by atoms with E-state index in [9.17, 15) is 9.59 Å². The van der Waals surface area contributed by atoms with Crippen molar-refractivity contribution in [3.63, 3.8) is 0 Å². The Hall–Kier alpha value is -1.58. The van der Waals surface area contributed by atoms with Crippen molar-refractivity contribution in [1.82, 2.24) is 0 Å². The minimum absolute atomic E-state index is 0.247. The van der Waals surface area contributed by atoms with Crippen LogP contribution in [0.25, 0.3) is 0 Å². The number of methoxy groups -OCH3 is 1. The SMILES string of the molecule is COC(=O)/C=C/CC1CCC(C2CCC(C=COC(C)=O)CC2)CC1. The van der Waals surface area contributed by atoms with Gasteiger partial charge in [0.25, 0.3) is 0 Å². The average molecular weight is 348 g/mol. The van der Waals surface area contributed by atoms with Gasteiger partial charge < -0.3 is 9.47 Å². The summed E-state index contributed by atoms with van der Waals surface area (Å²) in [5.74, 6) is 2.52. The third-order valence-electron chi connectivity index (χ3n) is 5.88. The van der Waals surface area contributed by atoms with Crippen molar-refractivity contribution < 1.29 is 19.1 Å². The molecule has 2 rings (SSSR count). The maximum atomic E-state index is 11.1. The van der Waals surface area contributed by atoms with Crippen molar-refractivity contribution in [1.29, 1.82) is 0 Å². The van der Waals surface area contributed by atoms with Gasteiger partial charge in [0.05, 0.1) is 13.4 Å². The average Bonchev–Trinajstić information content (AvgIpc) is 2.62. The van der Waals surface area contributed by atoms with E-state index in [-0.39, 0.29) is 11.9 Å². The van der Waals surface area contributed by atoms with E-state index in [1.165, 1.54) is 65.4 Å². The van der Waals surface area contributed by atoms with Gasteiger partial charge in [0, 0.05) is 13.0 Å². The van der Waals surface area contributed by atoms with Crippen molar-refractivity contribution in [2.24, 2.45) is 23.7 Å². The second-order valence-electron chi connectivity index (χ2n) is 7.55. The molecule has 0 saturated heterocycles. The van der Waals surface area contributed by atoms with E-state index in [4.69, 9.17) is 4.74 Å². The standard InChI is InChI=1S/C21H32O4/c1-16(22)25-15-14-18-8-12-20(13-9-18)19-10-6-17(7-11-19)4-3-5-21(23)24-2/h3,5,14-15,17-20H,4,6-13H2,1-2H3/b5-3+,15-14?. The summed E-state index contributed by atoms with van der Waals surface area (Å²) in [6.45, 7) is 1.43. The number of carbonyl (C=O) groups is 2. The summed E-state index contributed by atoms with van der Waals surface area (Å²) < 4.78 is 9.53. The summed E-state index contributed by atoms with van der Waals surface area (Å²) in [7, 11) is 1.42. The molecule has 0 aromatic heterocycles. The fourth-order valence-electron chi connectivity index (χ4n) is 4.38. The van der Waals surface area contributed by atoms with Crippen LogP contribution in [0.4, 0.5) is 0 Å². The first-order valence-electron chi connectivity index (χ1n) is 9.66. The van der Waals surface area contributed by atoms with Gasteiger partial charge in [0.15, 0.2) is 0 Å². The lowest BCUT2D eigenvalue weighted by molar-refractivity contribution is -0.136. The molecule has 0 aromatic rings. The molecule has 140 valence electrons. The van der Waals surface area contributed by atoms with Gasteiger partial charge in [0.2, 0.25) is 0 Å². The maximum absolute atomic E-state index is 11.1. The maximum Gasteiger partial charge on any atom is 0.330 e. The van der Waals surface area contributed by atoms with Crippen LogP contribution in [0.3, 0.4) is 0 Å². The smallest absolute Gasteiger partial charge is 0.330 e. The molecule has 0 atom stereocenters. The van der Waals surface area contributed by atoms with Crippen LogP contribution >= 0.6 is 0 Å². The zero-order valence-electron chi connectivity index (χ0n) is 15.6. The zero-order chi connectivity index (χ0) is 18.1. The quantitative estimate of drug-likeness (QED) is 0.393. The molecular weight excluding hydrogens is 316 g/mol. The Labute approximate surface area is 151 Å². The van der Waals surface area contributed by atoms with Gasteiger partial charge in [-0.15, -0.1) is 0 Å². The van der Waals surface area contributed by atoms with Crippen LogP contribution in [-0.2, 0) is 19.1 Å². The summed E-state index contributed by atoms with van der Waals surface area (Å²) in [5, 5.41) is 0. The van der Waals surface area contributed by atoms with Crippen molar-refractivity contribution in [3.05, 3.63) is 24.5 Å². The fraction of sp³-hybridized carbons (Fsp3) is 0.714. The number of esters is 2. The normalized spacial score (nSPS) is 30.5. The topological polar surface area (TPSA) is 52.6 Å². The van der Waals surface area contributed by atoms with Gasteiger partial charge in [-0.05, 0) is 87.5 Å². The number of hydrogen-bond acceptors (Lipinski definition) is 4. The van der Waals surface area contributed by atoms with Crippen LogP contribution in [0.5, 0.6) is 0 Å². The molecule has 2 aliphatic rings. The predicted octanol–water partition coefficient (Wildman–Crippen LogP) is 4.80. The monoisotopic (exact) mass is 348 g/mol. The fourth-order valence-corrected chi connectivity index (χ4v) is 4.38. The van der Waals surface area contributed by atoms with E-state index >= 15 is 0 Å². The van der Waals surface area contributed by atoms with E-state index in [1.54, 1.807) is 12.3 Å². The summed E-state index contributed by atoms with van der Waals surface area (Å²) >= 11 is 0. The van der Waals surface area contributed by atoms with E-state index in [0.717, 1.165) is 24.2 Å². The number of rotatable bonds is 6. The zero-order valence-corrected chi connectivity index (χ0v) is 15.6. The minimum atomic E-state index is -0.256. The van der Waals surface area contributed by atoms with E-state index in [0.29, 0.717) is 5.92 Å². The number of hydrogen-bond donors (Lipinski definition) is 0. The Morgan fingerprint density at radius 1 is 0.960 bits per heavy atom. The van der Waals surface area contributed by atoms with Gasteiger partial charge in [-0.25, -0.2) is 4.79 Å². The number of ether oxygens (including phenoxy) is 2. The summed E-state index contributed by atoms with van der Waals surface area (Å²) in [5.41, 5.74) is 0. The molecule has 0 N–H and O–H groups in total. The lowest BCUT2D eigenvalue weighted by Gasteiger charge is -2.37.